The third kappa shape index (κ3) is 3.81. The maximum atomic E-state index is 11.9. The standard InChI is InChI=1S/C11H16N2O3S/c1-7(2)10-12-8(6-17-10)11(16)13(3)5-4-9(14)15/h6-7H,4-5H2,1-3H3,(H,14,15). The van der Waals surface area contributed by atoms with Gasteiger partial charge < -0.3 is 10.0 Å². The van der Waals surface area contributed by atoms with Crippen LogP contribution in [0, 0.1) is 0 Å². The van der Waals surface area contributed by atoms with E-state index in [1.807, 2.05) is 13.8 Å². The van der Waals surface area contributed by atoms with Crippen molar-refractivity contribution in [1.82, 2.24) is 9.88 Å². The molecule has 17 heavy (non-hydrogen) atoms. The topological polar surface area (TPSA) is 70.5 Å². The summed E-state index contributed by atoms with van der Waals surface area (Å²) in [6.07, 6.45) is -0.0522. The number of aliphatic carboxylic acids is 1. The van der Waals surface area contributed by atoms with Gasteiger partial charge in [0.25, 0.3) is 5.91 Å². The molecule has 0 radical (unpaired) electrons. The highest BCUT2D eigenvalue weighted by atomic mass is 32.1. The summed E-state index contributed by atoms with van der Waals surface area (Å²) in [6.45, 7) is 4.23. The lowest BCUT2D eigenvalue weighted by Gasteiger charge is -2.14. The molecule has 1 amide bonds. The molecular formula is C11H16N2O3S. The molecule has 94 valence electrons. The fraction of sp³-hybridized carbons (Fsp3) is 0.545. The van der Waals surface area contributed by atoms with E-state index in [1.54, 1.807) is 12.4 Å². The third-order valence-electron chi connectivity index (χ3n) is 2.24. The molecule has 0 aliphatic rings. The highest BCUT2D eigenvalue weighted by Gasteiger charge is 2.16. The fourth-order valence-electron chi connectivity index (χ4n) is 1.21. The highest BCUT2D eigenvalue weighted by molar-refractivity contribution is 7.09. The zero-order valence-corrected chi connectivity index (χ0v) is 11.0. The van der Waals surface area contributed by atoms with E-state index in [4.69, 9.17) is 5.11 Å². The fourth-order valence-corrected chi connectivity index (χ4v) is 2.02. The monoisotopic (exact) mass is 256 g/mol. The van der Waals surface area contributed by atoms with E-state index >= 15 is 0 Å². The summed E-state index contributed by atoms with van der Waals surface area (Å²) in [5.41, 5.74) is 0.395. The molecule has 1 aromatic heterocycles. The van der Waals surface area contributed by atoms with Crippen LogP contribution in [0.3, 0.4) is 0 Å². The van der Waals surface area contributed by atoms with Gasteiger partial charge in [-0.05, 0) is 0 Å². The van der Waals surface area contributed by atoms with Crippen molar-refractivity contribution in [3.05, 3.63) is 16.1 Å². The molecule has 0 saturated heterocycles. The lowest BCUT2D eigenvalue weighted by Crippen LogP contribution is -2.29. The van der Waals surface area contributed by atoms with E-state index < -0.39 is 5.97 Å². The number of carbonyl (C=O) groups is 2. The number of thiazole rings is 1. The Hall–Kier alpha value is -1.43. The Balaban J connectivity index is 2.64. The van der Waals surface area contributed by atoms with Crippen LogP contribution in [0.15, 0.2) is 5.38 Å². The first-order valence-corrected chi connectivity index (χ1v) is 6.22. The summed E-state index contributed by atoms with van der Waals surface area (Å²) in [7, 11) is 1.58. The quantitative estimate of drug-likeness (QED) is 0.872. The van der Waals surface area contributed by atoms with Crippen LogP contribution in [0.5, 0.6) is 0 Å². The molecule has 0 fully saturated rings. The van der Waals surface area contributed by atoms with Gasteiger partial charge in [0.2, 0.25) is 0 Å². The Morgan fingerprint density at radius 3 is 2.65 bits per heavy atom. The van der Waals surface area contributed by atoms with E-state index in [0.29, 0.717) is 11.6 Å². The lowest BCUT2D eigenvalue weighted by molar-refractivity contribution is -0.137. The molecule has 1 rings (SSSR count). The van der Waals surface area contributed by atoms with Gasteiger partial charge in [-0.15, -0.1) is 11.3 Å². The summed E-state index contributed by atoms with van der Waals surface area (Å²) in [5.74, 6) is -0.842. The number of nitrogens with zero attached hydrogens (tertiary/aromatic N) is 2. The Morgan fingerprint density at radius 2 is 2.18 bits per heavy atom. The lowest BCUT2D eigenvalue weighted by atomic mass is 10.2. The molecule has 0 spiro atoms. The molecule has 0 aliphatic carbocycles. The van der Waals surface area contributed by atoms with Gasteiger partial charge in [-0.2, -0.15) is 0 Å². The summed E-state index contributed by atoms with van der Waals surface area (Å²) in [4.78, 5) is 27.9. The minimum atomic E-state index is -0.911. The van der Waals surface area contributed by atoms with Crippen molar-refractivity contribution >= 4 is 23.2 Å². The van der Waals surface area contributed by atoms with Crippen molar-refractivity contribution in [2.75, 3.05) is 13.6 Å². The molecule has 1 aromatic rings. The molecule has 1 heterocycles. The first-order chi connectivity index (χ1) is 7.91. The van der Waals surface area contributed by atoms with Crippen molar-refractivity contribution < 1.29 is 14.7 Å². The largest absolute Gasteiger partial charge is 0.481 e. The molecular weight excluding hydrogens is 240 g/mol. The number of carbonyl (C=O) groups excluding carboxylic acids is 1. The Morgan fingerprint density at radius 1 is 1.53 bits per heavy atom. The van der Waals surface area contributed by atoms with Gasteiger partial charge in [-0.1, -0.05) is 13.8 Å². The number of hydrogen-bond acceptors (Lipinski definition) is 4. The minimum Gasteiger partial charge on any atom is -0.481 e. The molecule has 5 nitrogen and oxygen atoms in total. The van der Waals surface area contributed by atoms with Crippen molar-refractivity contribution in [1.29, 1.82) is 0 Å². The van der Waals surface area contributed by atoms with Crippen molar-refractivity contribution in [3.8, 4) is 0 Å². The van der Waals surface area contributed by atoms with Crippen LogP contribution in [0.25, 0.3) is 0 Å². The zero-order valence-electron chi connectivity index (χ0n) is 10.1. The Labute approximate surface area is 104 Å². The van der Waals surface area contributed by atoms with Gasteiger partial charge in [-0.3, -0.25) is 9.59 Å². The summed E-state index contributed by atoms with van der Waals surface area (Å²) >= 11 is 1.45. The average Bonchev–Trinajstić information content (AvgIpc) is 2.73. The van der Waals surface area contributed by atoms with Gasteiger partial charge in [0, 0.05) is 24.9 Å². The second kappa shape index (κ2) is 5.77. The molecule has 0 aromatic carbocycles. The van der Waals surface area contributed by atoms with E-state index in [0.717, 1.165) is 5.01 Å². The predicted octanol–water partition coefficient (Wildman–Crippen LogP) is 1.81. The normalized spacial score (nSPS) is 10.6. The summed E-state index contributed by atoms with van der Waals surface area (Å²) in [5, 5.41) is 11.2. The molecule has 1 N–H and O–H groups in total. The molecule has 0 bridgehead atoms. The SMILES string of the molecule is CC(C)c1nc(C(=O)N(C)CCC(=O)O)cs1. The third-order valence-corrected chi connectivity index (χ3v) is 3.39. The van der Waals surface area contributed by atoms with Crippen molar-refractivity contribution in [2.45, 2.75) is 26.2 Å². The van der Waals surface area contributed by atoms with Crippen LogP contribution in [-0.2, 0) is 4.79 Å². The molecule has 0 atom stereocenters. The Bertz CT molecular complexity index is 415. The number of carboxylic acid groups (broad SMARTS) is 1. The van der Waals surface area contributed by atoms with E-state index in [2.05, 4.69) is 4.98 Å². The predicted molar refractivity (Wildman–Crippen MR) is 65.4 cm³/mol. The van der Waals surface area contributed by atoms with Crippen LogP contribution < -0.4 is 0 Å². The first kappa shape index (κ1) is 13.6. The van der Waals surface area contributed by atoms with Gasteiger partial charge in [0.1, 0.15) is 5.69 Å². The summed E-state index contributed by atoms with van der Waals surface area (Å²) in [6, 6.07) is 0. The van der Waals surface area contributed by atoms with Crippen LogP contribution >= 0.6 is 11.3 Å². The van der Waals surface area contributed by atoms with E-state index in [9.17, 15) is 9.59 Å². The van der Waals surface area contributed by atoms with Crippen LogP contribution in [-0.4, -0.2) is 40.5 Å². The molecule has 0 aliphatic heterocycles. The van der Waals surface area contributed by atoms with Gasteiger partial charge in [-0.25, -0.2) is 4.98 Å². The number of aromatic nitrogens is 1. The van der Waals surface area contributed by atoms with Crippen LogP contribution in [0.2, 0.25) is 0 Å². The maximum Gasteiger partial charge on any atom is 0.305 e. The number of hydrogen-bond donors (Lipinski definition) is 1. The average molecular weight is 256 g/mol. The molecule has 6 heteroatoms. The van der Waals surface area contributed by atoms with Crippen molar-refractivity contribution in [2.24, 2.45) is 0 Å². The molecule has 0 unspecified atom stereocenters. The second-order valence-electron chi connectivity index (χ2n) is 4.10. The number of rotatable bonds is 5. The van der Waals surface area contributed by atoms with E-state index in [-0.39, 0.29) is 18.9 Å². The van der Waals surface area contributed by atoms with Gasteiger partial charge >= 0.3 is 5.97 Å². The summed E-state index contributed by atoms with van der Waals surface area (Å²) < 4.78 is 0. The van der Waals surface area contributed by atoms with Crippen LogP contribution in [0.1, 0.15) is 41.7 Å². The van der Waals surface area contributed by atoms with Gasteiger partial charge in [0.15, 0.2) is 0 Å². The van der Waals surface area contributed by atoms with E-state index in [1.165, 1.54) is 16.2 Å². The van der Waals surface area contributed by atoms with Crippen molar-refractivity contribution in [3.63, 3.8) is 0 Å². The molecule has 0 saturated carbocycles. The minimum absolute atomic E-state index is 0.0522. The second-order valence-corrected chi connectivity index (χ2v) is 4.99. The first-order valence-electron chi connectivity index (χ1n) is 5.34. The maximum absolute atomic E-state index is 11.9. The zero-order chi connectivity index (χ0) is 13.0. The Kier molecular flexibility index (Phi) is 4.62. The number of amides is 1. The smallest absolute Gasteiger partial charge is 0.305 e. The van der Waals surface area contributed by atoms with Crippen LogP contribution in [0.4, 0.5) is 0 Å². The van der Waals surface area contributed by atoms with Gasteiger partial charge in [0.05, 0.1) is 11.4 Å². The number of carboxylic acids is 1. The highest BCUT2D eigenvalue weighted by Crippen LogP contribution is 2.19.